The summed E-state index contributed by atoms with van der Waals surface area (Å²) in [6.45, 7) is 1.44. The molecule has 1 aromatic rings. The number of hydrogen-bond donors (Lipinski definition) is 0. The highest BCUT2D eigenvalue weighted by atomic mass is 19.1. The predicted octanol–water partition coefficient (Wildman–Crippen LogP) is 1.92. The lowest BCUT2D eigenvalue weighted by molar-refractivity contribution is 0.314. The third-order valence-corrected chi connectivity index (χ3v) is 1.40. The molecule has 0 aliphatic heterocycles. The van der Waals surface area contributed by atoms with Gasteiger partial charge in [-0.3, -0.25) is 0 Å². The molecule has 0 bridgehead atoms. The first-order chi connectivity index (χ1) is 6.33. The summed E-state index contributed by atoms with van der Waals surface area (Å²) in [5.41, 5.74) is 0.731. The van der Waals surface area contributed by atoms with Crippen LogP contribution in [0.15, 0.2) is 30.3 Å². The molecule has 0 unspecified atom stereocenters. The molecule has 3 heteroatoms. The van der Waals surface area contributed by atoms with Gasteiger partial charge < -0.3 is 4.74 Å². The van der Waals surface area contributed by atoms with Gasteiger partial charge in [-0.2, -0.15) is 0 Å². The molecule has 0 aliphatic rings. The average Bonchev–Trinajstić information content (AvgIpc) is 2.13. The van der Waals surface area contributed by atoms with Gasteiger partial charge in [0.15, 0.2) is 0 Å². The lowest BCUT2D eigenvalue weighted by Gasteiger charge is -1.92. The van der Waals surface area contributed by atoms with Crippen LogP contribution in [0.5, 0.6) is 0 Å². The van der Waals surface area contributed by atoms with Gasteiger partial charge in [0.1, 0.15) is 12.4 Å². The largest absolute Gasteiger partial charge is 0.453 e. The van der Waals surface area contributed by atoms with Gasteiger partial charge in [-0.25, -0.2) is 9.18 Å². The Bertz CT molecular complexity index is 308. The molecule has 0 aromatic heterocycles. The molecule has 0 spiro atoms. The zero-order valence-corrected chi connectivity index (χ0v) is 6.87. The highest BCUT2D eigenvalue weighted by Gasteiger charge is 1.89. The molecule has 2 nitrogen and oxygen atoms in total. The van der Waals surface area contributed by atoms with E-state index in [1.165, 1.54) is 18.6 Å². The molecule has 0 saturated heterocycles. The van der Waals surface area contributed by atoms with E-state index >= 15 is 0 Å². The number of carbonyl (C=O) groups excluding carboxylic acids is 1. The monoisotopic (exact) mass is 179 g/mol. The Labute approximate surface area is 75.6 Å². The quantitative estimate of drug-likeness (QED) is 0.660. The van der Waals surface area contributed by atoms with Crippen LogP contribution in [0.3, 0.4) is 0 Å². The van der Waals surface area contributed by atoms with E-state index in [-0.39, 0.29) is 12.4 Å². The van der Waals surface area contributed by atoms with Crippen molar-refractivity contribution in [3.05, 3.63) is 41.7 Å². The summed E-state index contributed by atoms with van der Waals surface area (Å²) in [4.78, 5) is 9.63. The minimum atomic E-state index is -0.287. The SMILES string of the molecule is O=[C]OC/C=C/c1cccc(F)c1. The number of rotatable bonds is 4. The van der Waals surface area contributed by atoms with Crippen LogP contribution in [0.25, 0.3) is 6.08 Å². The third-order valence-electron chi connectivity index (χ3n) is 1.40. The second-order valence-electron chi connectivity index (χ2n) is 2.35. The van der Waals surface area contributed by atoms with E-state index in [4.69, 9.17) is 0 Å². The third kappa shape index (κ3) is 3.51. The fraction of sp³-hybridized carbons (Fsp3) is 0.100. The minimum Gasteiger partial charge on any atom is -0.453 e. The fourth-order valence-electron chi connectivity index (χ4n) is 0.877. The van der Waals surface area contributed by atoms with E-state index in [9.17, 15) is 9.18 Å². The van der Waals surface area contributed by atoms with E-state index in [1.807, 2.05) is 0 Å². The van der Waals surface area contributed by atoms with Crippen molar-refractivity contribution >= 4 is 12.5 Å². The second kappa shape index (κ2) is 5.09. The van der Waals surface area contributed by atoms with Crippen molar-refractivity contribution in [2.75, 3.05) is 6.61 Å². The molecule has 1 rings (SSSR count). The van der Waals surface area contributed by atoms with Crippen LogP contribution in [0, 0.1) is 5.82 Å². The molecule has 1 radical (unpaired) electrons. The number of ether oxygens (including phenoxy) is 1. The molecular weight excluding hydrogens is 171 g/mol. The molecule has 0 N–H and O–H groups in total. The second-order valence-corrected chi connectivity index (χ2v) is 2.35. The molecule has 0 aliphatic carbocycles. The lowest BCUT2D eigenvalue weighted by Crippen LogP contribution is -1.85. The summed E-state index contributed by atoms with van der Waals surface area (Å²) in [6, 6.07) is 6.13. The van der Waals surface area contributed by atoms with E-state index < -0.39 is 0 Å². The van der Waals surface area contributed by atoms with Crippen LogP contribution < -0.4 is 0 Å². The average molecular weight is 179 g/mol. The maximum absolute atomic E-state index is 12.6. The molecule has 0 atom stereocenters. The smallest absolute Gasteiger partial charge is 0.417 e. The fourth-order valence-corrected chi connectivity index (χ4v) is 0.877. The van der Waals surface area contributed by atoms with Gasteiger partial charge in [0.25, 0.3) is 0 Å². The summed E-state index contributed by atoms with van der Waals surface area (Å²) in [5, 5.41) is 0. The Kier molecular flexibility index (Phi) is 3.70. The molecule has 67 valence electrons. The van der Waals surface area contributed by atoms with E-state index in [1.54, 1.807) is 24.3 Å². The van der Waals surface area contributed by atoms with Crippen LogP contribution in [-0.4, -0.2) is 13.1 Å². The van der Waals surface area contributed by atoms with Crippen molar-refractivity contribution in [1.29, 1.82) is 0 Å². The van der Waals surface area contributed by atoms with E-state index in [0.717, 1.165) is 5.56 Å². The summed E-state index contributed by atoms with van der Waals surface area (Å²) in [6.07, 6.45) is 3.28. The first-order valence-corrected chi connectivity index (χ1v) is 3.74. The Morgan fingerprint density at radius 1 is 1.54 bits per heavy atom. The molecule has 0 amide bonds. The first kappa shape index (κ1) is 9.45. The van der Waals surface area contributed by atoms with Crippen molar-refractivity contribution in [1.82, 2.24) is 0 Å². The van der Waals surface area contributed by atoms with Crippen molar-refractivity contribution in [3.63, 3.8) is 0 Å². The van der Waals surface area contributed by atoms with Gasteiger partial charge in [-0.1, -0.05) is 18.2 Å². The van der Waals surface area contributed by atoms with E-state index in [0.29, 0.717) is 0 Å². The molecule has 0 heterocycles. The normalized spacial score (nSPS) is 10.2. The Hall–Kier alpha value is -1.64. The van der Waals surface area contributed by atoms with Gasteiger partial charge in [0.05, 0.1) is 0 Å². The van der Waals surface area contributed by atoms with Crippen molar-refractivity contribution in [2.24, 2.45) is 0 Å². The zero-order valence-electron chi connectivity index (χ0n) is 6.87. The highest BCUT2D eigenvalue weighted by molar-refractivity contribution is 5.49. The van der Waals surface area contributed by atoms with Crippen molar-refractivity contribution < 1.29 is 13.9 Å². The Balaban J connectivity index is 2.53. The number of hydrogen-bond acceptors (Lipinski definition) is 2. The molecule has 1 aromatic carbocycles. The van der Waals surface area contributed by atoms with Gasteiger partial charge in [0.2, 0.25) is 0 Å². The predicted molar refractivity (Wildman–Crippen MR) is 47.1 cm³/mol. The van der Waals surface area contributed by atoms with Crippen LogP contribution in [0.1, 0.15) is 5.56 Å². The van der Waals surface area contributed by atoms with Crippen molar-refractivity contribution in [3.8, 4) is 0 Å². The Morgan fingerprint density at radius 2 is 2.38 bits per heavy atom. The number of halogens is 1. The minimum absolute atomic E-state index is 0.153. The number of benzene rings is 1. The van der Waals surface area contributed by atoms with Crippen LogP contribution in [0.4, 0.5) is 4.39 Å². The van der Waals surface area contributed by atoms with Crippen LogP contribution >= 0.6 is 0 Å². The van der Waals surface area contributed by atoms with Crippen LogP contribution in [0.2, 0.25) is 0 Å². The first-order valence-electron chi connectivity index (χ1n) is 3.74. The van der Waals surface area contributed by atoms with Crippen molar-refractivity contribution in [2.45, 2.75) is 0 Å². The zero-order chi connectivity index (χ0) is 9.52. The highest BCUT2D eigenvalue weighted by Crippen LogP contribution is 2.04. The van der Waals surface area contributed by atoms with Gasteiger partial charge in [-0.05, 0) is 23.8 Å². The molecular formula is C10H8FO2. The summed E-state index contributed by atoms with van der Waals surface area (Å²) in [5.74, 6) is -0.287. The maximum atomic E-state index is 12.6. The topological polar surface area (TPSA) is 26.3 Å². The van der Waals surface area contributed by atoms with E-state index in [2.05, 4.69) is 4.74 Å². The summed E-state index contributed by atoms with van der Waals surface area (Å²) >= 11 is 0. The lowest BCUT2D eigenvalue weighted by atomic mass is 10.2. The Morgan fingerprint density at radius 3 is 3.08 bits per heavy atom. The van der Waals surface area contributed by atoms with Gasteiger partial charge >= 0.3 is 6.47 Å². The summed E-state index contributed by atoms with van der Waals surface area (Å²) < 4.78 is 16.9. The standard InChI is InChI=1S/C10H8FO2/c11-10-5-1-3-9(7-10)4-2-6-13-8-12/h1-5,7H,6H2/b4-2+. The molecule has 13 heavy (non-hydrogen) atoms. The molecule has 0 saturated carbocycles. The summed E-state index contributed by atoms with van der Waals surface area (Å²) in [7, 11) is 0. The van der Waals surface area contributed by atoms with Gasteiger partial charge in [-0.15, -0.1) is 0 Å². The van der Waals surface area contributed by atoms with Gasteiger partial charge in [0, 0.05) is 0 Å². The maximum Gasteiger partial charge on any atom is 0.417 e. The molecule has 0 fully saturated rings. The van der Waals surface area contributed by atoms with Crippen LogP contribution in [-0.2, 0) is 9.53 Å².